The van der Waals surface area contributed by atoms with Gasteiger partial charge in [0.25, 0.3) is 0 Å². The second-order valence-corrected chi connectivity index (χ2v) is 4.71. The van der Waals surface area contributed by atoms with Gasteiger partial charge in [-0.15, -0.1) is 0 Å². The van der Waals surface area contributed by atoms with Gasteiger partial charge in [0, 0.05) is 12.2 Å². The molecule has 0 spiro atoms. The zero-order valence-corrected chi connectivity index (χ0v) is 11.1. The molecule has 18 heavy (non-hydrogen) atoms. The van der Waals surface area contributed by atoms with Gasteiger partial charge in [0.2, 0.25) is 0 Å². The van der Waals surface area contributed by atoms with Gasteiger partial charge in [-0.25, -0.2) is 4.39 Å². The Morgan fingerprint density at radius 1 is 1.22 bits per heavy atom. The van der Waals surface area contributed by atoms with Crippen molar-refractivity contribution in [3.63, 3.8) is 0 Å². The largest absolute Gasteiger partial charge is 0.376 e. The number of hydrogen-bond acceptors (Lipinski definition) is 2. The maximum Gasteiger partial charge on any atom is 0.141 e. The lowest BCUT2D eigenvalue weighted by atomic mass is 10.1. The number of rotatable bonds is 3. The van der Waals surface area contributed by atoms with Crippen molar-refractivity contribution in [2.75, 3.05) is 5.32 Å². The molecule has 1 aromatic heterocycles. The quantitative estimate of drug-likeness (QED) is 0.884. The highest BCUT2D eigenvalue weighted by molar-refractivity contribution is 6.33. The van der Waals surface area contributed by atoms with Gasteiger partial charge in [0.1, 0.15) is 5.82 Å². The average molecular weight is 285 g/mol. The average Bonchev–Trinajstić information content (AvgIpc) is 2.35. The fourth-order valence-electron chi connectivity index (χ4n) is 1.58. The summed E-state index contributed by atoms with van der Waals surface area (Å²) in [7, 11) is 0. The summed E-state index contributed by atoms with van der Waals surface area (Å²) >= 11 is 11.8. The van der Waals surface area contributed by atoms with Crippen LogP contribution < -0.4 is 5.32 Å². The number of aromatic nitrogens is 1. The van der Waals surface area contributed by atoms with Crippen LogP contribution in [0.2, 0.25) is 10.0 Å². The summed E-state index contributed by atoms with van der Waals surface area (Å²) in [5.74, 6) is -0.424. The molecule has 0 aliphatic rings. The monoisotopic (exact) mass is 284 g/mol. The summed E-state index contributed by atoms with van der Waals surface area (Å²) in [6, 6.07) is 6.28. The summed E-state index contributed by atoms with van der Waals surface area (Å²) in [6.45, 7) is 1.94. The lowest BCUT2D eigenvalue weighted by Gasteiger charge is -2.16. The van der Waals surface area contributed by atoms with Gasteiger partial charge < -0.3 is 5.32 Å². The Morgan fingerprint density at radius 3 is 2.67 bits per heavy atom. The van der Waals surface area contributed by atoms with Crippen LogP contribution in [0.1, 0.15) is 18.5 Å². The maximum absolute atomic E-state index is 13.1. The lowest BCUT2D eigenvalue weighted by Crippen LogP contribution is -2.07. The third kappa shape index (κ3) is 2.92. The Bertz CT molecular complexity index is 560. The van der Waals surface area contributed by atoms with E-state index in [4.69, 9.17) is 23.2 Å². The first-order chi connectivity index (χ1) is 8.58. The maximum atomic E-state index is 13.1. The topological polar surface area (TPSA) is 24.9 Å². The molecule has 2 aromatic rings. The molecule has 94 valence electrons. The van der Waals surface area contributed by atoms with Gasteiger partial charge in [-0.3, -0.25) is 4.98 Å². The summed E-state index contributed by atoms with van der Waals surface area (Å²) in [5.41, 5.74) is 1.61. The number of benzene rings is 1. The molecular formula is C13H11Cl2FN2. The predicted octanol–water partition coefficient (Wildman–Crippen LogP) is 4.70. The number of halogens is 3. The van der Waals surface area contributed by atoms with Crippen molar-refractivity contribution in [1.82, 2.24) is 4.98 Å². The van der Waals surface area contributed by atoms with Gasteiger partial charge in [-0.2, -0.15) is 0 Å². The second-order valence-electron chi connectivity index (χ2n) is 3.90. The number of pyridine rings is 1. The fourth-order valence-corrected chi connectivity index (χ4v) is 1.93. The summed E-state index contributed by atoms with van der Waals surface area (Å²) in [5, 5.41) is 3.90. The minimum Gasteiger partial charge on any atom is -0.376 e. The third-order valence-corrected chi connectivity index (χ3v) is 3.20. The Kier molecular flexibility index (Phi) is 4.04. The predicted molar refractivity (Wildman–Crippen MR) is 72.7 cm³/mol. The standard InChI is InChI=1S/C13H11Cl2FN2/c1-8(9-2-3-12(16)11(15)6-9)18-13-7-17-5-4-10(13)14/h2-8,18H,1H3. The van der Waals surface area contributed by atoms with Crippen LogP contribution in [0, 0.1) is 5.82 Å². The molecule has 0 saturated heterocycles. The first kappa shape index (κ1) is 13.1. The first-order valence-electron chi connectivity index (χ1n) is 5.39. The third-order valence-electron chi connectivity index (χ3n) is 2.58. The van der Waals surface area contributed by atoms with E-state index in [-0.39, 0.29) is 11.1 Å². The van der Waals surface area contributed by atoms with E-state index < -0.39 is 5.82 Å². The minimum atomic E-state index is -0.424. The van der Waals surface area contributed by atoms with Crippen LogP contribution in [0.5, 0.6) is 0 Å². The molecular weight excluding hydrogens is 274 g/mol. The van der Waals surface area contributed by atoms with Gasteiger partial charge in [0.15, 0.2) is 0 Å². The molecule has 0 amide bonds. The zero-order chi connectivity index (χ0) is 13.1. The Labute approximate surface area is 115 Å². The highest BCUT2D eigenvalue weighted by atomic mass is 35.5. The molecule has 0 saturated carbocycles. The van der Waals surface area contributed by atoms with E-state index >= 15 is 0 Å². The highest BCUT2D eigenvalue weighted by Crippen LogP contribution is 2.26. The van der Waals surface area contributed by atoms with E-state index in [1.54, 1.807) is 30.6 Å². The van der Waals surface area contributed by atoms with Crippen molar-refractivity contribution in [2.24, 2.45) is 0 Å². The Morgan fingerprint density at radius 2 is 2.00 bits per heavy atom. The van der Waals surface area contributed by atoms with E-state index in [0.29, 0.717) is 5.02 Å². The molecule has 0 radical (unpaired) electrons. The van der Waals surface area contributed by atoms with Gasteiger partial charge >= 0.3 is 0 Å². The van der Waals surface area contributed by atoms with Crippen molar-refractivity contribution < 1.29 is 4.39 Å². The van der Waals surface area contributed by atoms with Crippen molar-refractivity contribution in [3.8, 4) is 0 Å². The van der Waals surface area contributed by atoms with Crippen molar-refractivity contribution in [1.29, 1.82) is 0 Å². The minimum absolute atomic E-state index is 0.0511. The van der Waals surface area contributed by atoms with Gasteiger partial charge in [-0.1, -0.05) is 29.3 Å². The molecule has 0 bridgehead atoms. The molecule has 0 fully saturated rings. The van der Waals surface area contributed by atoms with Crippen molar-refractivity contribution >= 4 is 28.9 Å². The molecule has 1 aromatic carbocycles. The molecule has 2 nitrogen and oxygen atoms in total. The van der Waals surface area contributed by atoms with Crippen LogP contribution in [0.15, 0.2) is 36.7 Å². The number of nitrogens with zero attached hydrogens (tertiary/aromatic N) is 1. The molecule has 2 rings (SSSR count). The highest BCUT2D eigenvalue weighted by Gasteiger charge is 2.09. The van der Waals surface area contributed by atoms with Gasteiger partial charge in [0.05, 0.1) is 21.9 Å². The van der Waals surface area contributed by atoms with Crippen LogP contribution in [-0.2, 0) is 0 Å². The number of anilines is 1. The molecule has 5 heteroatoms. The first-order valence-corrected chi connectivity index (χ1v) is 6.14. The van der Waals surface area contributed by atoms with E-state index in [0.717, 1.165) is 11.3 Å². The SMILES string of the molecule is CC(Nc1cnccc1Cl)c1ccc(F)c(Cl)c1. The Balaban J connectivity index is 2.19. The molecule has 1 atom stereocenters. The van der Waals surface area contributed by atoms with Crippen LogP contribution in [0.4, 0.5) is 10.1 Å². The summed E-state index contributed by atoms with van der Waals surface area (Å²) in [4.78, 5) is 3.99. The van der Waals surface area contributed by atoms with Gasteiger partial charge in [-0.05, 0) is 30.7 Å². The van der Waals surface area contributed by atoms with Crippen molar-refractivity contribution in [3.05, 3.63) is 58.1 Å². The van der Waals surface area contributed by atoms with Crippen molar-refractivity contribution in [2.45, 2.75) is 13.0 Å². The van der Waals surface area contributed by atoms with E-state index in [2.05, 4.69) is 10.3 Å². The molecule has 0 aliphatic heterocycles. The zero-order valence-electron chi connectivity index (χ0n) is 9.62. The lowest BCUT2D eigenvalue weighted by molar-refractivity contribution is 0.627. The molecule has 1 unspecified atom stereocenters. The smallest absolute Gasteiger partial charge is 0.141 e. The van der Waals surface area contributed by atoms with E-state index in [1.807, 2.05) is 6.92 Å². The molecule has 1 heterocycles. The van der Waals surface area contributed by atoms with Crippen LogP contribution in [0.25, 0.3) is 0 Å². The van der Waals surface area contributed by atoms with E-state index in [1.165, 1.54) is 6.07 Å². The number of nitrogens with one attached hydrogen (secondary N) is 1. The van der Waals surface area contributed by atoms with Crippen LogP contribution in [0.3, 0.4) is 0 Å². The number of hydrogen-bond donors (Lipinski definition) is 1. The van der Waals surface area contributed by atoms with E-state index in [9.17, 15) is 4.39 Å². The summed E-state index contributed by atoms with van der Waals surface area (Å²) < 4.78 is 13.1. The molecule has 1 N–H and O–H groups in total. The second kappa shape index (κ2) is 5.55. The van der Waals surface area contributed by atoms with Crippen LogP contribution >= 0.6 is 23.2 Å². The van der Waals surface area contributed by atoms with Crippen LogP contribution in [-0.4, -0.2) is 4.98 Å². The fraction of sp³-hybridized carbons (Fsp3) is 0.154. The summed E-state index contributed by atoms with van der Waals surface area (Å²) in [6.07, 6.45) is 3.26. The normalized spacial score (nSPS) is 12.2. The molecule has 0 aliphatic carbocycles. The Hall–Kier alpha value is -1.32.